The Morgan fingerprint density at radius 2 is 1.86 bits per heavy atom. The lowest BCUT2D eigenvalue weighted by Crippen LogP contribution is -2.49. The lowest BCUT2D eigenvalue weighted by molar-refractivity contribution is -0.139. The van der Waals surface area contributed by atoms with Crippen molar-refractivity contribution in [3.05, 3.63) is 46.5 Å². The molecule has 1 aromatic rings. The molecule has 1 saturated heterocycles. The van der Waals surface area contributed by atoms with Crippen LogP contribution in [0.3, 0.4) is 0 Å². The van der Waals surface area contributed by atoms with Crippen molar-refractivity contribution < 1.29 is 39.0 Å². The number of allylic oxidation sites excluding steroid dienone is 1. The van der Waals surface area contributed by atoms with Gasteiger partial charge in [-0.25, -0.2) is 0 Å². The van der Waals surface area contributed by atoms with E-state index in [9.17, 15) is 28.8 Å². The highest BCUT2D eigenvalue weighted by Gasteiger charge is 2.41. The van der Waals surface area contributed by atoms with Crippen molar-refractivity contribution in [2.45, 2.75) is 55.5 Å². The number of Topliss-reactive ketones (excluding diaryl/α,β-unsaturated/α-hetero) is 1. The molecule has 3 rings (SSSR count). The van der Waals surface area contributed by atoms with Gasteiger partial charge in [0.25, 0.3) is 0 Å². The van der Waals surface area contributed by atoms with Gasteiger partial charge in [0, 0.05) is 41.5 Å². The molecule has 43 heavy (non-hydrogen) atoms. The van der Waals surface area contributed by atoms with Gasteiger partial charge < -0.3 is 26.6 Å². The number of carbonyl (C=O) groups is 6. The minimum atomic E-state index is -1.25. The maximum atomic E-state index is 13.4. The smallest absolute Gasteiger partial charge is 0.322 e. The number of benzene rings is 1. The molecule has 0 aromatic heterocycles. The largest absolute Gasteiger partial charge is 0.480 e. The standard InChI is InChI=1S/C28H35ClN4O8S2/c29-19-4-2-1-3-18(19)25(26(38)16-5-6-16)33-11-9-22(17(14-33)10-12-34)43-42-15-21(27(39)31-13-24(36)37)32-23(35)8-7-20(30)28(40)41/h1-4,10,12,16,20-22,25H,5-9,11,13-15,30H2,(H,31,39)(H,32,35)(H,36,37)(H,40,41)/b17-10-. The number of nitrogens with one attached hydrogen (secondary N) is 2. The van der Waals surface area contributed by atoms with Crippen LogP contribution in [0.15, 0.2) is 35.9 Å². The van der Waals surface area contributed by atoms with Gasteiger partial charge in [0.2, 0.25) is 11.8 Å². The number of hydrogen-bond acceptors (Lipinski definition) is 10. The normalized spacial score (nSPS) is 20.0. The summed E-state index contributed by atoms with van der Waals surface area (Å²) < 4.78 is 0. The number of halogens is 1. The van der Waals surface area contributed by atoms with Gasteiger partial charge in [0.05, 0.1) is 6.04 Å². The minimum absolute atomic E-state index is 0.00158. The molecular formula is C28H35ClN4O8S2. The Morgan fingerprint density at radius 1 is 1.14 bits per heavy atom. The van der Waals surface area contributed by atoms with E-state index in [2.05, 4.69) is 10.6 Å². The van der Waals surface area contributed by atoms with Crippen molar-refractivity contribution in [3.63, 3.8) is 0 Å². The van der Waals surface area contributed by atoms with Crippen molar-refractivity contribution >= 4 is 69.0 Å². The molecular weight excluding hydrogens is 620 g/mol. The third-order valence-corrected chi connectivity index (χ3v) is 10.3. The molecule has 4 atom stereocenters. The molecule has 15 heteroatoms. The number of likely N-dealkylation sites (tertiary alicyclic amines) is 1. The summed E-state index contributed by atoms with van der Waals surface area (Å²) in [5, 5.41) is 23.0. The summed E-state index contributed by atoms with van der Waals surface area (Å²) in [6.45, 7) is 0.296. The number of amides is 2. The summed E-state index contributed by atoms with van der Waals surface area (Å²) in [5.41, 5.74) is 6.99. The monoisotopic (exact) mass is 654 g/mol. The van der Waals surface area contributed by atoms with E-state index in [-0.39, 0.29) is 35.5 Å². The minimum Gasteiger partial charge on any atom is -0.480 e. The van der Waals surface area contributed by atoms with Crippen molar-refractivity contribution in [2.75, 3.05) is 25.4 Å². The van der Waals surface area contributed by atoms with Crippen LogP contribution in [0.2, 0.25) is 5.02 Å². The van der Waals surface area contributed by atoms with Gasteiger partial charge in [-0.3, -0.25) is 33.7 Å². The van der Waals surface area contributed by atoms with Gasteiger partial charge in [-0.1, -0.05) is 51.4 Å². The predicted molar refractivity (Wildman–Crippen MR) is 164 cm³/mol. The summed E-state index contributed by atoms with van der Waals surface area (Å²) in [6.07, 6.45) is 4.13. The Labute approximate surface area is 261 Å². The first-order valence-electron chi connectivity index (χ1n) is 13.7. The quantitative estimate of drug-likeness (QED) is 0.0930. The Kier molecular flexibility index (Phi) is 13.5. The zero-order valence-electron chi connectivity index (χ0n) is 23.3. The van der Waals surface area contributed by atoms with Gasteiger partial charge in [-0.2, -0.15) is 0 Å². The molecule has 234 valence electrons. The summed E-state index contributed by atoms with van der Waals surface area (Å²) in [6, 6.07) is 4.41. The first-order valence-corrected chi connectivity index (χ1v) is 16.5. The van der Waals surface area contributed by atoms with E-state index in [1.165, 1.54) is 27.7 Å². The molecule has 0 radical (unpaired) electrons. The first kappa shape index (κ1) is 34.6. The molecule has 1 aliphatic carbocycles. The van der Waals surface area contributed by atoms with Gasteiger partial charge in [-0.15, -0.1) is 0 Å². The Hall–Kier alpha value is -2.91. The molecule has 1 heterocycles. The van der Waals surface area contributed by atoms with E-state index in [0.29, 0.717) is 30.8 Å². The fourth-order valence-electron chi connectivity index (χ4n) is 4.61. The molecule has 2 aliphatic rings. The van der Waals surface area contributed by atoms with Crippen molar-refractivity contribution in [3.8, 4) is 0 Å². The second-order valence-corrected chi connectivity index (χ2v) is 13.3. The van der Waals surface area contributed by atoms with Crippen LogP contribution in [0.1, 0.15) is 43.7 Å². The van der Waals surface area contributed by atoms with Crippen LogP contribution in [-0.4, -0.2) is 93.7 Å². The molecule has 6 N–H and O–H groups in total. The van der Waals surface area contributed by atoms with Crippen molar-refractivity contribution in [1.29, 1.82) is 0 Å². The van der Waals surface area contributed by atoms with Crippen LogP contribution in [0.25, 0.3) is 0 Å². The molecule has 2 fully saturated rings. The summed E-state index contributed by atoms with van der Waals surface area (Å²) in [4.78, 5) is 73.9. The number of nitrogens with two attached hydrogens (primary N) is 1. The summed E-state index contributed by atoms with van der Waals surface area (Å²) in [5.74, 6) is -3.61. The van der Waals surface area contributed by atoms with Gasteiger partial charge in [0.1, 0.15) is 24.9 Å². The number of carboxylic acid groups (broad SMARTS) is 2. The lowest BCUT2D eigenvalue weighted by Gasteiger charge is -2.38. The zero-order chi connectivity index (χ0) is 31.5. The topological polar surface area (TPSA) is 196 Å². The molecule has 1 aliphatic heterocycles. The van der Waals surface area contributed by atoms with E-state index in [1.54, 1.807) is 6.07 Å². The van der Waals surface area contributed by atoms with Gasteiger partial charge in [0.15, 0.2) is 5.78 Å². The summed E-state index contributed by atoms with van der Waals surface area (Å²) >= 11 is 6.50. The van der Waals surface area contributed by atoms with E-state index in [1.807, 2.05) is 23.1 Å². The number of hydrogen-bond donors (Lipinski definition) is 5. The third-order valence-electron chi connectivity index (χ3n) is 7.06. The highest BCUT2D eigenvalue weighted by molar-refractivity contribution is 8.77. The number of piperidine rings is 1. The van der Waals surface area contributed by atoms with E-state index in [4.69, 9.17) is 27.5 Å². The van der Waals surface area contributed by atoms with Crippen LogP contribution in [0.4, 0.5) is 0 Å². The number of carbonyl (C=O) groups excluding carboxylic acids is 4. The molecule has 12 nitrogen and oxygen atoms in total. The zero-order valence-corrected chi connectivity index (χ0v) is 25.7. The number of aldehydes is 1. The van der Waals surface area contributed by atoms with Crippen LogP contribution < -0.4 is 16.4 Å². The van der Waals surface area contributed by atoms with E-state index >= 15 is 0 Å². The van der Waals surface area contributed by atoms with Crippen LogP contribution in [0, 0.1) is 5.92 Å². The maximum absolute atomic E-state index is 13.4. The van der Waals surface area contributed by atoms with E-state index in [0.717, 1.165) is 24.0 Å². The average Bonchev–Trinajstić information content (AvgIpc) is 3.82. The van der Waals surface area contributed by atoms with Crippen molar-refractivity contribution in [2.24, 2.45) is 11.7 Å². The van der Waals surface area contributed by atoms with Crippen LogP contribution in [0.5, 0.6) is 0 Å². The Balaban J connectivity index is 1.65. The van der Waals surface area contributed by atoms with Gasteiger partial charge >= 0.3 is 11.9 Å². The molecule has 4 unspecified atom stereocenters. The average molecular weight is 655 g/mol. The van der Waals surface area contributed by atoms with E-state index < -0.39 is 48.4 Å². The third kappa shape index (κ3) is 10.6. The van der Waals surface area contributed by atoms with Gasteiger partial charge in [-0.05, 0) is 49.0 Å². The highest BCUT2D eigenvalue weighted by Crippen LogP contribution is 2.42. The fourth-order valence-corrected chi connectivity index (χ4v) is 7.74. The molecule has 2 amide bonds. The number of carboxylic acids is 2. The van der Waals surface area contributed by atoms with Crippen molar-refractivity contribution in [1.82, 2.24) is 15.5 Å². The highest BCUT2D eigenvalue weighted by atomic mass is 35.5. The number of aliphatic carboxylic acids is 2. The molecule has 0 bridgehead atoms. The Bertz CT molecular complexity index is 1240. The fraction of sp³-hybridized carbons (Fsp3) is 0.500. The Morgan fingerprint density at radius 3 is 2.49 bits per heavy atom. The first-order chi connectivity index (χ1) is 20.5. The molecule has 1 saturated carbocycles. The molecule has 1 aromatic carbocycles. The lowest BCUT2D eigenvalue weighted by atomic mass is 9.94. The second-order valence-electron chi connectivity index (χ2n) is 10.3. The van der Waals surface area contributed by atoms with Crippen LogP contribution in [-0.2, 0) is 28.8 Å². The SMILES string of the molecule is NC(CCC(=O)NC(CSSC1CCN(C(C(=O)C2CC2)c2ccccc2Cl)C/C1=C/C=O)C(=O)NCC(=O)O)C(=O)O. The molecule has 0 spiro atoms. The summed E-state index contributed by atoms with van der Waals surface area (Å²) in [7, 11) is 2.68. The number of ketones is 1. The number of rotatable bonds is 17. The van der Waals surface area contributed by atoms with Crippen LogP contribution >= 0.6 is 33.2 Å². The maximum Gasteiger partial charge on any atom is 0.322 e. The number of nitrogens with zero attached hydrogens (tertiary/aromatic N) is 1. The second kappa shape index (κ2) is 16.8. The predicted octanol–water partition coefficient (Wildman–Crippen LogP) is 1.82.